The van der Waals surface area contributed by atoms with Crippen molar-refractivity contribution in [3.05, 3.63) is 36.6 Å². The Bertz CT molecular complexity index is 231. The van der Waals surface area contributed by atoms with E-state index in [-0.39, 0.29) is 0 Å². The lowest BCUT2D eigenvalue weighted by Crippen LogP contribution is -1.83. The average molecular weight is 133 g/mol. The first-order valence-electron chi connectivity index (χ1n) is 3.30. The zero-order valence-electron chi connectivity index (χ0n) is 6.22. The van der Waals surface area contributed by atoms with E-state index in [1.807, 2.05) is 13.0 Å². The Balaban J connectivity index is 2.94. The molecule has 10 heavy (non-hydrogen) atoms. The zero-order chi connectivity index (χ0) is 7.56. The molecular formula is C9H11N. The molecule has 1 nitrogen and oxygen atoms in total. The maximum atomic E-state index is 4.27. The summed E-state index contributed by atoms with van der Waals surface area (Å²) in [4.78, 5) is 4.27. The van der Waals surface area contributed by atoms with Gasteiger partial charge in [0.1, 0.15) is 0 Å². The fourth-order valence-corrected chi connectivity index (χ4v) is 1.04. The van der Waals surface area contributed by atoms with Gasteiger partial charge in [0, 0.05) is 12.1 Å². The summed E-state index contributed by atoms with van der Waals surface area (Å²) in [6.45, 7) is 9.37. The monoisotopic (exact) mass is 133 g/mol. The van der Waals surface area contributed by atoms with Gasteiger partial charge in [-0.05, 0) is 18.6 Å². The van der Waals surface area contributed by atoms with Gasteiger partial charge in [-0.1, -0.05) is 19.2 Å². The van der Waals surface area contributed by atoms with E-state index in [2.05, 4.69) is 18.2 Å². The largest absolute Gasteiger partial charge is 0.258 e. The van der Waals surface area contributed by atoms with Crippen LogP contribution in [0.3, 0.4) is 0 Å². The van der Waals surface area contributed by atoms with Crippen LogP contribution in [0.4, 0.5) is 0 Å². The van der Waals surface area contributed by atoms with Gasteiger partial charge in [0.05, 0.1) is 5.70 Å². The maximum absolute atomic E-state index is 4.27. The highest BCUT2D eigenvalue weighted by atomic mass is 14.8. The fourth-order valence-electron chi connectivity index (χ4n) is 1.04. The van der Waals surface area contributed by atoms with Gasteiger partial charge < -0.3 is 0 Å². The predicted octanol–water partition coefficient (Wildman–Crippen LogP) is 2.48. The van der Waals surface area contributed by atoms with E-state index in [0.717, 1.165) is 17.8 Å². The van der Waals surface area contributed by atoms with Crippen LogP contribution >= 0.6 is 0 Å². The van der Waals surface area contributed by atoms with E-state index in [0.29, 0.717) is 0 Å². The SMILES string of the molecule is C=CC1=C(C=C)N=C(C)C1. The van der Waals surface area contributed by atoms with Gasteiger partial charge in [0.2, 0.25) is 0 Å². The summed E-state index contributed by atoms with van der Waals surface area (Å²) in [6, 6.07) is 0. The van der Waals surface area contributed by atoms with Gasteiger partial charge >= 0.3 is 0 Å². The summed E-state index contributed by atoms with van der Waals surface area (Å²) in [5.74, 6) is 0. The van der Waals surface area contributed by atoms with Crippen LogP contribution in [0, 0.1) is 0 Å². The molecule has 0 aromatic rings. The summed E-state index contributed by atoms with van der Waals surface area (Å²) in [5, 5.41) is 0. The van der Waals surface area contributed by atoms with E-state index in [1.165, 1.54) is 5.57 Å². The third-order valence-electron chi connectivity index (χ3n) is 1.53. The molecular weight excluding hydrogens is 122 g/mol. The Kier molecular flexibility index (Phi) is 1.86. The Morgan fingerprint density at radius 1 is 1.40 bits per heavy atom. The Hall–Kier alpha value is -1.11. The molecule has 0 bridgehead atoms. The molecule has 0 aromatic heterocycles. The normalized spacial score (nSPS) is 17.1. The number of nitrogens with zero attached hydrogens (tertiary/aromatic N) is 1. The molecule has 0 saturated carbocycles. The number of allylic oxidation sites excluding steroid dienone is 3. The van der Waals surface area contributed by atoms with Crippen molar-refractivity contribution in [1.82, 2.24) is 0 Å². The molecule has 1 aliphatic rings. The Morgan fingerprint density at radius 2 is 2.10 bits per heavy atom. The molecule has 0 unspecified atom stereocenters. The van der Waals surface area contributed by atoms with Gasteiger partial charge in [-0.15, -0.1) is 0 Å². The smallest absolute Gasteiger partial charge is 0.0658 e. The molecule has 1 heterocycles. The highest BCUT2D eigenvalue weighted by Crippen LogP contribution is 2.20. The molecule has 0 spiro atoms. The first kappa shape index (κ1) is 7.00. The van der Waals surface area contributed by atoms with Crippen LogP contribution in [0.2, 0.25) is 0 Å². The van der Waals surface area contributed by atoms with E-state index >= 15 is 0 Å². The summed E-state index contributed by atoms with van der Waals surface area (Å²) >= 11 is 0. The van der Waals surface area contributed by atoms with Crippen LogP contribution in [0.1, 0.15) is 13.3 Å². The molecule has 0 radical (unpaired) electrons. The van der Waals surface area contributed by atoms with Crippen molar-refractivity contribution < 1.29 is 0 Å². The minimum Gasteiger partial charge on any atom is -0.258 e. The van der Waals surface area contributed by atoms with E-state index in [9.17, 15) is 0 Å². The van der Waals surface area contributed by atoms with Crippen molar-refractivity contribution >= 4 is 5.71 Å². The minimum atomic E-state index is 0.935. The van der Waals surface area contributed by atoms with Crippen molar-refractivity contribution in [1.29, 1.82) is 0 Å². The van der Waals surface area contributed by atoms with Crippen molar-refractivity contribution in [3.63, 3.8) is 0 Å². The number of aliphatic imine (C=N–C) groups is 1. The Labute approximate surface area is 61.5 Å². The highest BCUT2D eigenvalue weighted by Gasteiger charge is 2.08. The third kappa shape index (κ3) is 1.08. The lowest BCUT2D eigenvalue weighted by Gasteiger charge is -1.90. The van der Waals surface area contributed by atoms with Gasteiger partial charge in [-0.3, -0.25) is 4.99 Å². The summed E-state index contributed by atoms with van der Waals surface area (Å²) < 4.78 is 0. The number of hydrogen-bond donors (Lipinski definition) is 0. The van der Waals surface area contributed by atoms with Crippen LogP contribution in [0.25, 0.3) is 0 Å². The second-order valence-electron chi connectivity index (χ2n) is 2.34. The predicted molar refractivity (Wildman–Crippen MR) is 45.1 cm³/mol. The molecule has 1 rings (SSSR count). The molecule has 52 valence electrons. The average Bonchev–Trinajstić information content (AvgIpc) is 2.30. The zero-order valence-corrected chi connectivity index (χ0v) is 6.22. The fraction of sp³-hybridized carbons (Fsp3) is 0.222. The molecule has 0 aromatic carbocycles. The summed E-state index contributed by atoms with van der Waals surface area (Å²) in [6.07, 6.45) is 4.55. The first-order chi connectivity index (χ1) is 4.77. The van der Waals surface area contributed by atoms with Crippen LogP contribution in [0.15, 0.2) is 41.6 Å². The second kappa shape index (κ2) is 2.65. The molecule has 0 saturated heterocycles. The van der Waals surface area contributed by atoms with Crippen molar-refractivity contribution in [3.8, 4) is 0 Å². The molecule has 1 aliphatic heterocycles. The minimum absolute atomic E-state index is 0.935. The van der Waals surface area contributed by atoms with Gasteiger partial charge in [-0.25, -0.2) is 0 Å². The van der Waals surface area contributed by atoms with Crippen LogP contribution < -0.4 is 0 Å². The van der Waals surface area contributed by atoms with Crippen molar-refractivity contribution in [2.45, 2.75) is 13.3 Å². The number of hydrogen-bond acceptors (Lipinski definition) is 1. The summed E-state index contributed by atoms with van der Waals surface area (Å²) in [5.41, 5.74) is 3.31. The third-order valence-corrected chi connectivity index (χ3v) is 1.53. The Morgan fingerprint density at radius 3 is 2.50 bits per heavy atom. The molecule has 0 fully saturated rings. The van der Waals surface area contributed by atoms with E-state index < -0.39 is 0 Å². The van der Waals surface area contributed by atoms with Gasteiger partial charge in [-0.2, -0.15) is 0 Å². The molecule has 0 N–H and O–H groups in total. The molecule has 0 amide bonds. The molecule has 1 heteroatoms. The highest BCUT2D eigenvalue weighted by molar-refractivity contribution is 5.89. The topological polar surface area (TPSA) is 12.4 Å². The van der Waals surface area contributed by atoms with Crippen LogP contribution in [-0.2, 0) is 0 Å². The molecule has 0 atom stereocenters. The second-order valence-corrected chi connectivity index (χ2v) is 2.34. The van der Waals surface area contributed by atoms with Crippen LogP contribution in [0.5, 0.6) is 0 Å². The maximum Gasteiger partial charge on any atom is 0.0658 e. The van der Waals surface area contributed by atoms with E-state index in [1.54, 1.807) is 6.08 Å². The standard InChI is InChI=1S/C9H11N/c1-4-8-6-7(3)10-9(8)5-2/h4-5H,1-2,6H2,3H3. The quantitative estimate of drug-likeness (QED) is 0.548. The number of rotatable bonds is 2. The van der Waals surface area contributed by atoms with Gasteiger partial charge in [0.25, 0.3) is 0 Å². The summed E-state index contributed by atoms with van der Waals surface area (Å²) in [7, 11) is 0. The van der Waals surface area contributed by atoms with Crippen LogP contribution in [-0.4, -0.2) is 5.71 Å². The lowest BCUT2D eigenvalue weighted by atomic mass is 10.1. The van der Waals surface area contributed by atoms with Crippen molar-refractivity contribution in [2.75, 3.05) is 0 Å². The van der Waals surface area contributed by atoms with Gasteiger partial charge in [0.15, 0.2) is 0 Å². The van der Waals surface area contributed by atoms with Crippen molar-refractivity contribution in [2.24, 2.45) is 4.99 Å². The van der Waals surface area contributed by atoms with E-state index in [4.69, 9.17) is 0 Å². The molecule has 0 aliphatic carbocycles. The lowest BCUT2D eigenvalue weighted by molar-refractivity contribution is 1.36. The first-order valence-corrected chi connectivity index (χ1v) is 3.30.